The van der Waals surface area contributed by atoms with Crippen molar-refractivity contribution in [3.05, 3.63) is 95.1 Å². The maximum absolute atomic E-state index is 12.8. The summed E-state index contributed by atoms with van der Waals surface area (Å²) in [5, 5.41) is 22.6. The van der Waals surface area contributed by atoms with Gasteiger partial charge in [-0.05, 0) is 59.4 Å². The van der Waals surface area contributed by atoms with E-state index in [0.717, 1.165) is 24.0 Å². The first kappa shape index (κ1) is 18.1. The molecule has 0 aliphatic heterocycles. The SMILES string of the molecule is O=C(C[C@H](c1ccc(O)cc1)c1cccc(O)c1)NC1Cc2ccccc2C1. The summed E-state index contributed by atoms with van der Waals surface area (Å²) < 4.78 is 0. The molecule has 1 aliphatic rings. The fraction of sp³-hybridized carbons (Fsp3) is 0.208. The lowest BCUT2D eigenvalue weighted by Crippen LogP contribution is -2.36. The fourth-order valence-corrected chi connectivity index (χ4v) is 4.01. The van der Waals surface area contributed by atoms with Gasteiger partial charge in [-0.25, -0.2) is 0 Å². The van der Waals surface area contributed by atoms with Crippen LogP contribution in [0.15, 0.2) is 72.8 Å². The van der Waals surface area contributed by atoms with E-state index in [0.29, 0.717) is 0 Å². The number of benzene rings is 3. The number of nitrogens with one attached hydrogen (secondary N) is 1. The van der Waals surface area contributed by atoms with E-state index in [-0.39, 0.29) is 35.8 Å². The van der Waals surface area contributed by atoms with Crippen molar-refractivity contribution in [2.45, 2.75) is 31.2 Å². The summed E-state index contributed by atoms with van der Waals surface area (Å²) in [4.78, 5) is 12.8. The molecule has 142 valence electrons. The molecular weight excluding hydrogens is 350 g/mol. The molecule has 28 heavy (non-hydrogen) atoms. The molecule has 0 saturated heterocycles. The number of aromatic hydroxyl groups is 2. The molecule has 0 saturated carbocycles. The lowest BCUT2D eigenvalue weighted by molar-refractivity contribution is -0.121. The Kier molecular flexibility index (Phi) is 5.02. The van der Waals surface area contributed by atoms with Crippen molar-refractivity contribution < 1.29 is 15.0 Å². The van der Waals surface area contributed by atoms with Gasteiger partial charge in [-0.15, -0.1) is 0 Å². The normalized spacial score (nSPS) is 14.4. The molecule has 0 fully saturated rings. The zero-order chi connectivity index (χ0) is 19.5. The van der Waals surface area contributed by atoms with Crippen LogP contribution in [0.1, 0.15) is 34.6 Å². The average Bonchev–Trinajstić information content (AvgIpc) is 3.09. The van der Waals surface area contributed by atoms with Gasteiger partial charge in [0.15, 0.2) is 0 Å². The van der Waals surface area contributed by atoms with Gasteiger partial charge in [-0.2, -0.15) is 0 Å². The fourth-order valence-electron chi connectivity index (χ4n) is 4.01. The minimum atomic E-state index is -0.198. The first-order valence-corrected chi connectivity index (χ1v) is 9.52. The monoisotopic (exact) mass is 373 g/mol. The molecule has 4 nitrogen and oxygen atoms in total. The predicted octanol–water partition coefficient (Wildman–Crippen LogP) is 3.90. The third-order valence-electron chi connectivity index (χ3n) is 5.37. The van der Waals surface area contributed by atoms with E-state index in [9.17, 15) is 15.0 Å². The molecule has 0 bridgehead atoms. The molecule has 1 aliphatic carbocycles. The minimum absolute atomic E-state index is 0.0146. The number of amides is 1. The largest absolute Gasteiger partial charge is 0.508 e. The molecule has 1 atom stereocenters. The van der Waals surface area contributed by atoms with Crippen LogP contribution in [0, 0.1) is 0 Å². The highest BCUT2D eigenvalue weighted by atomic mass is 16.3. The third-order valence-corrected chi connectivity index (χ3v) is 5.37. The lowest BCUT2D eigenvalue weighted by Gasteiger charge is -2.20. The quantitative estimate of drug-likeness (QED) is 0.635. The second-order valence-corrected chi connectivity index (χ2v) is 7.38. The number of rotatable bonds is 5. The average molecular weight is 373 g/mol. The predicted molar refractivity (Wildman–Crippen MR) is 108 cm³/mol. The van der Waals surface area contributed by atoms with Gasteiger partial charge in [0.2, 0.25) is 5.91 Å². The van der Waals surface area contributed by atoms with Crippen molar-refractivity contribution in [3.63, 3.8) is 0 Å². The summed E-state index contributed by atoms with van der Waals surface area (Å²) in [5.74, 6) is 0.148. The molecule has 3 aromatic rings. The highest BCUT2D eigenvalue weighted by Crippen LogP contribution is 2.31. The van der Waals surface area contributed by atoms with E-state index in [2.05, 4.69) is 17.4 Å². The topological polar surface area (TPSA) is 69.6 Å². The lowest BCUT2D eigenvalue weighted by atomic mass is 9.88. The van der Waals surface area contributed by atoms with Gasteiger partial charge in [0.25, 0.3) is 0 Å². The number of hydrogen-bond donors (Lipinski definition) is 3. The smallest absolute Gasteiger partial charge is 0.221 e. The maximum Gasteiger partial charge on any atom is 0.221 e. The number of carbonyl (C=O) groups excluding carboxylic acids is 1. The minimum Gasteiger partial charge on any atom is -0.508 e. The zero-order valence-corrected chi connectivity index (χ0v) is 15.5. The summed E-state index contributed by atoms with van der Waals surface area (Å²) in [7, 11) is 0. The standard InChI is InChI=1S/C24H23NO3/c26-21-10-8-16(9-11-21)23(19-6-3-7-22(27)14-19)15-24(28)25-20-12-17-4-1-2-5-18(17)13-20/h1-11,14,20,23,26-27H,12-13,15H2,(H,25,28)/t23-/m1/s1. The summed E-state index contributed by atoms with van der Waals surface area (Å²) in [5.41, 5.74) is 4.40. The van der Waals surface area contributed by atoms with Gasteiger partial charge in [0.1, 0.15) is 11.5 Å². The van der Waals surface area contributed by atoms with Crippen molar-refractivity contribution in [1.29, 1.82) is 0 Å². The van der Waals surface area contributed by atoms with Crippen LogP contribution in [0.5, 0.6) is 11.5 Å². The Hall–Kier alpha value is -3.27. The Labute approximate surface area is 164 Å². The molecule has 0 radical (unpaired) electrons. The Bertz CT molecular complexity index is 956. The maximum atomic E-state index is 12.8. The van der Waals surface area contributed by atoms with Crippen molar-refractivity contribution >= 4 is 5.91 Å². The van der Waals surface area contributed by atoms with Gasteiger partial charge in [0.05, 0.1) is 0 Å². The Morgan fingerprint density at radius 2 is 1.54 bits per heavy atom. The van der Waals surface area contributed by atoms with Crippen molar-refractivity contribution in [1.82, 2.24) is 5.32 Å². The summed E-state index contributed by atoms with van der Waals surface area (Å²) in [6.07, 6.45) is 2.00. The molecule has 4 heteroatoms. The molecule has 0 heterocycles. The highest BCUT2D eigenvalue weighted by molar-refractivity contribution is 5.78. The van der Waals surface area contributed by atoms with Gasteiger partial charge in [-0.1, -0.05) is 48.5 Å². The second kappa shape index (κ2) is 7.77. The molecule has 3 N–H and O–H groups in total. The first-order valence-electron chi connectivity index (χ1n) is 9.52. The Morgan fingerprint density at radius 1 is 0.857 bits per heavy atom. The summed E-state index contributed by atoms with van der Waals surface area (Å²) >= 11 is 0. The number of phenols is 2. The van der Waals surface area contributed by atoms with Crippen LogP contribution in [0.3, 0.4) is 0 Å². The number of phenolic OH excluding ortho intramolecular Hbond substituents is 2. The number of hydrogen-bond acceptors (Lipinski definition) is 3. The molecule has 3 aromatic carbocycles. The Balaban J connectivity index is 1.51. The van der Waals surface area contributed by atoms with Crippen LogP contribution < -0.4 is 5.32 Å². The van der Waals surface area contributed by atoms with Crippen LogP contribution in [-0.4, -0.2) is 22.2 Å². The van der Waals surface area contributed by atoms with E-state index in [1.54, 1.807) is 30.3 Å². The molecule has 0 spiro atoms. The first-order chi connectivity index (χ1) is 13.6. The highest BCUT2D eigenvalue weighted by Gasteiger charge is 2.25. The summed E-state index contributed by atoms with van der Waals surface area (Å²) in [6, 6.07) is 22.3. The third kappa shape index (κ3) is 4.01. The van der Waals surface area contributed by atoms with Gasteiger partial charge < -0.3 is 15.5 Å². The molecule has 0 unspecified atom stereocenters. The zero-order valence-electron chi connectivity index (χ0n) is 15.5. The molecule has 4 rings (SSSR count). The van der Waals surface area contributed by atoms with E-state index >= 15 is 0 Å². The van der Waals surface area contributed by atoms with Crippen molar-refractivity contribution in [3.8, 4) is 11.5 Å². The van der Waals surface area contributed by atoms with Crippen LogP contribution in [0.2, 0.25) is 0 Å². The number of carbonyl (C=O) groups is 1. The van der Waals surface area contributed by atoms with Gasteiger partial charge in [0, 0.05) is 18.4 Å². The van der Waals surface area contributed by atoms with Gasteiger partial charge in [-0.3, -0.25) is 4.79 Å². The second-order valence-electron chi connectivity index (χ2n) is 7.38. The van der Waals surface area contributed by atoms with Gasteiger partial charge >= 0.3 is 0 Å². The van der Waals surface area contributed by atoms with Crippen LogP contribution in [-0.2, 0) is 17.6 Å². The summed E-state index contributed by atoms with van der Waals surface area (Å²) in [6.45, 7) is 0. The van der Waals surface area contributed by atoms with Crippen molar-refractivity contribution in [2.24, 2.45) is 0 Å². The Morgan fingerprint density at radius 3 is 2.18 bits per heavy atom. The molecule has 1 amide bonds. The van der Waals surface area contributed by atoms with Crippen LogP contribution >= 0.6 is 0 Å². The number of fused-ring (bicyclic) bond motifs is 1. The van der Waals surface area contributed by atoms with Crippen molar-refractivity contribution in [2.75, 3.05) is 0 Å². The van der Waals surface area contributed by atoms with Crippen LogP contribution in [0.4, 0.5) is 0 Å². The molecular formula is C24H23NO3. The van der Waals surface area contributed by atoms with E-state index in [4.69, 9.17) is 0 Å². The van der Waals surface area contributed by atoms with Crippen LogP contribution in [0.25, 0.3) is 0 Å². The molecule has 0 aromatic heterocycles. The van der Waals surface area contributed by atoms with E-state index in [1.807, 2.05) is 30.3 Å². The van der Waals surface area contributed by atoms with E-state index < -0.39 is 0 Å². The van der Waals surface area contributed by atoms with E-state index in [1.165, 1.54) is 11.1 Å².